The van der Waals surface area contributed by atoms with E-state index < -0.39 is 5.60 Å². The molecule has 1 atom stereocenters. The molecule has 4 aromatic rings. The Labute approximate surface area is 227 Å². The number of aldehydes is 1. The number of β-amino-alcohol motifs (C(OH)–C–C–N with tert-alkyl or cyclic N) is 1. The standard InChI is InChI=1S/C25H25N3O5.C5H11N/c1-14-18(24(30)27-10-8-25(4,31)13-27)11-28-22(14)21(7-9-26-28)33-20-6-5-17-19(12-29)16(3)32-23(17)15(20)2;1-6-5-3-2-4-5/h5-7,9,11-12,31H,8,10,13H2,1-4H3;5-6H,2-4H2,1H3. The number of carbonyl (C=O) groups excluding carboxylic acids is 2. The number of hydrogen-bond acceptors (Lipinski definition) is 7. The van der Waals surface area contributed by atoms with Crippen molar-refractivity contribution in [1.29, 1.82) is 0 Å². The van der Waals surface area contributed by atoms with Crippen LogP contribution >= 0.6 is 0 Å². The number of likely N-dealkylation sites (tertiary alicyclic amines) is 1. The Kier molecular flexibility index (Phi) is 7.22. The smallest absolute Gasteiger partial charge is 0.255 e. The minimum absolute atomic E-state index is 0.133. The average molecular weight is 533 g/mol. The van der Waals surface area contributed by atoms with Gasteiger partial charge in [-0.15, -0.1) is 0 Å². The molecule has 9 heteroatoms. The highest BCUT2D eigenvalue weighted by Crippen LogP contribution is 2.37. The first-order chi connectivity index (χ1) is 18.6. The van der Waals surface area contributed by atoms with Crippen LogP contribution in [-0.4, -0.2) is 63.6 Å². The highest BCUT2D eigenvalue weighted by atomic mass is 16.5. The van der Waals surface area contributed by atoms with Crippen LogP contribution in [0.5, 0.6) is 11.5 Å². The molecule has 2 N–H and O–H groups in total. The summed E-state index contributed by atoms with van der Waals surface area (Å²) in [7, 11) is 2.03. The lowest BCUT2D eigenvalue weighted by Gasteiger charge is -2.23. The lowest BCUT2D eigenvalue weighted by molar-refractivity contribution is 0.0572. The van der Waals surface area contributed by atoms with Gasteiger partial charge in [-0.05, 0) is 71.7 Å². The molecule has 9 nitrogen and oxygen atoms in total. The first-order valence-corrected chi connectivity index (χ1v) is 13.4. The van der Waals surface area contributed by atoms with Crippen LogP contribution in [0.4, 0.5) is 0 Å². The summed E-state index contributed by atoms with van der Waals surface area (Å²) in [6, 6.07) is 6.25. The van der Waals surface area contributed by atoms with Crippen LogP contribution in [0.3, 0.4) is 0 Å². The first kappa shape index (κ1) is 26.9. The third-order valence-corrected chi connectivity index (χ3v) is 7.99. The maximum absolute atomic E-state index is 13.2. The average Bonchev–Trinajstić information content (AvgIpc) is 3.52. The number of furan rings is 1. The van der Waals surface area contributed by atoms with E-state index in [1.807, 2.05) is 33.0 Å². The van der Waals surface area contributed by atoms with Gasteiger partial charge in [0.2, 0.25) is 0 Å². The van der Waals surface area contributed by atoms with E-state index in [4.69, 9.17) is 9.15 Å². The molecule has 1 saturated carbocycles. The maximum Gasteiger partial charge on any atom is 0.255 e. The van der Waals surface area contributed by atoms with E-state index in [1.54, 1.807) is 41.7 Å². The Morgan fingerprint density at radius 3 is 2.56 bits per heavy atom. The largest absolute Gasteiger partial charge is 0.460 e. The van der Waals surface area contributed by atoms with Gasteiger partial charge in [0.05, 0.1) is 22.9 Å². The summed E-state index contributed by atoms with van der Waals surface area (Å²) >= 11 is 0. The molecule has 3 aromatic heterocycles. The molecule has 0 radical (unpaired) electrons. The zero-order valence-corrected chi connectivity index (χ0v) is 23.2. The Hall–Kier alpha value is -3.69. The van der Waals surface area contributed by atoms with E-state index >= 15 is 0 Å². The molecule has 2 fully saturated rings. The van der Waals surface area contributed by atoms with Gasteiger partial charge < -0.3 is 24.5 Å². The van der Waals surface area contributed by atoms with Crippen LogP contribution < -0.4 is 10.1 Å². The Morgan fingerprint density at radius 2 is 1.97 bits per heavy atom. The van der Waals surface area contributed by atoms with Crippen molar-refractivity contribution in [2.75, 3.05) is 20.1 Å². The molecule has 1 aliphatic heterocycles. The van der Waals surface area contributed by atoms with Crippen LogP contribution in [0.25, 0.3) is 16.5 Å². The Morgan fingerprint density at radius 1 is 1.21 bits per heavy atom. The number of nitrogens with zero attached hydrogens (tertiary/aromatic N) is 3. The van der Waals surface area contributed by atoms with E-state index in [0.717, 1.165) is 28.8 Å². The number of hydrogen-bond donors (Lipinski definition) is 2. The zero-order chi connectivity index (χ0) is 27.9. The second kappa shape index (κ2) is 10.5. The molecule has 1 amide bonds. The third kappa shape index (κ3) is 5.04. The van der Waals surface area contributed by atoms with Crippen molar-refractivity contribution in [3.05, 3.63) is 58.6 Å². The van der Waals surface area contributed by atoms with Crippen LogP contribution in [0.1, 0.15) is 70.2 Å². The zero-order valence-electron chi connectivity index (χ0n) is 23.2. The normalized spacial score (nSPS) is 19.2. The van der Waals surface area contributed by atoms with Crippen molar-refractivity contribution in [1.82, 2.24) is 19.8 Å². The summed E-state index contributed by atoms with van der Waals surface area (Å²) in [5.74, 6) is 1.58. The number of aromatic nitrogens is 2. The van der Waals surface area contributed by atoms with Crippen molar-refractivity contribution >= 4 is 28.7 Å². The second-order valence-electron chi connectivity index (χ2n) is 10.9. The third-order valence-electron chi connectivity index (χ3n) is 7.99. The fourth-order valence-electron chi connectivity index (χ4n) is 5.30. The van der Waals surface area contributed by atoms with Gasteiger partial charge in [0.25, 0.3) is 5.91 Å². The minimum atomic E-state index is -0.862. The quantitative estimate of drug-likeness (QED) is 0.350. The number of carbonyl (C=O) groups is 2. The number of nitrogens with one attached hydrogen (secondary N) is 1. The number of benzene rings is 1. The molecular formula is C30H36N4O5. The number of aliphatic hydroxyl groups is 1. The topological polar surface area (TPSA) is 109 Å². The minimum Gasteiger partial charge on any atom is -0.460 e. The van der Waals surface area contributed by atoms with E-state index in [1.165, 1.54) is 19.3 Å². The molecule has 0 spiro atoms. The first-order valence-electron chi connectivity index (χ1n) is 13.4. The van der Waals surface area contributed by atoms with Gasteiger partial charge >= 0.3 is 0 Å². The molecular weight excluding hydrogens is 496 g/mol. The molecule has 206 valence electrons. The molecule has 1 unspecified atom stereocenters. The molecule has 4 heterocycles. The van der Waals surface area contributed by atoms with Gasteiger partial charge in [0.15, 0.2) is 12.0 Å². The maximum atomic E-state index is 13.2. The van der Waals surface area contributed by atoms with Crippen molar-refractivity contribution in [2.45, 2.75) is 65.0 Å². The monoisotopic (exact) mass is 532 g/mol. The van der Waals surface area contributed by atoms with E-state index in [9.17, 15) is 14.7 Å². The Bertz CT molecular complexity index is 1540. The predicted molar refractivity (Wildman–Crippen MR) is 149 cm³/mol. The van der Waals surface area contributed by atoms with Gasteiger partial charge in [0.1, 0.15) is 22.6 Å². The summed E-state index contributed by atoms with van der Waals surface area (Å²) in [4.78, 5) is 26.2. The van der Waals surface area contributed by atoms with Crippen molar-refractivity contribution in [3.8, 4) is 11.5 Å². The molecule has 1 aromatic carbocycles. The fourth-order valence-corrected chi connectivity index (χ4v) is 5.30. The Balaban J connectivity index is 0.000000455. The highest BCUT2D eigenvalue weighted by molar-refractivity contribution is 6.00. The van der Waals surface area contributed by atoms with Gasteiger partial charge in [-0.2, -0.15) is 5.10 Å². The molecule has 39 heavy (non-hydrogen) atoms. The van der Waals surface area contributed by atoms with Crippen molar-refractivity contribution in [2.24, 2.45) is 0 Å². The van der Waals surface area contributed by atoms with Crippen LogP contribution in [-0.2, 0) is 0 Å². The summed E-state index contributed by atoms with van der Waals surface area (Å²) in [6.45, 7) is 8.07. The molecule has 1 saturated heterocycles. The van der Waals surface area contributed by atoms with Gasteiger partial charge in [0, 0.05) is 42.3 Å². The molecule has 0 bridgehead atoms. The van der Waals surface area contributed by atoms with Crippen molar-refractivity contribution in [3.63, 3.8) is 0 Å². The van der Waals surface area contributed by atoms with E-state index in [-0.39, 0.29) is 5.91 Å². The van der Waals surface area contributed by atoms with Gasteiger partial charge in [-0.3, -0.25) is 9.59 Å². The number of fused-ring (bicyclic) bond motifs is 2. The lowest BCUT2D eigenvalue weighted by atomic mass is 9.94. The fraction of sp³-hybridized carbons (Fsp3) is 0.433. The summed E-state index contributed by atoms with van der Waals surface area (Å²) in [6.07, 6.45) is 8.91. The second-order valence-corrected chi connectivity index (χ2v) is 10.9. The van der Waals surface area contributed by atoms with Crippen LogP contribution in [0.15, 0.2) is 35.0 Å². The van der Waals surface area contributed by atoms with Gasteiger partial charge in [-0.25, -0.2) is 4.52 Å². The van der Waals surface area contributed by atoms with Gasteiger partial charge in [-0.1, -0.05) is 6.42 Å². The van der Waals surface area contributed by atoms with E-state index in [0.29, 0.717) is 59.0 Å². The molecule has 1 aliphatic carbocycles. The van der Waals surface area contributed by atoms with Crippen LogP contribution in [0, 0.1) is 20.8 Å². The summed E-state index contributed by atoms with van der Waals surface area (Å²) < 4.78 is 13.7. The number of ether oxygens (including phenoxy) is 1. The number of aryl methyl sites for hydroxylation is 3. The predicted octanol–water partition coefficient (Wildman–Crippen LogP) is 4.97. The SMILES string of the molecule is CNC1CCC1.Cc1oc2c(C)c(Oc3ccnn4cc(C(=O)N5CCC(C)(O)C5)c(C)c34)ccc2c1C=O. The summed E-state index contributed by atoms with van der Waals surface area (Å²) in [5, 5.41) is 18.6. The molecule has 2 aliphatic rings. The number of rotatable bonds is 5. The summed E-state index contributed by atoms with van der Waals surface area (Å²) in [5.41, 5.74) is 3.04. The van der Waals surface area contributed by atoms with E-state index in [2.05, 4.69) is 10.4 Å². The molecule has 6 rings (SSSR count). The van der Waals surface area contributed by atoms with Crippen molar-refractivity contribution < 1.29 is 23.8 Å². The lowest BCUT2D eigenvalue weighted by Crippen LogP contribution is -2.34. The highest BCUT2D eigenvalue weighted by Gasteiger charge is 2.35. The van der Waals surface area contributed by atoms with Crippen LogP contribution in [0.2, 0.25) is 0 Å². The number of amides is 1.